The number of aryl methyl sites for hydroxylation is 2. The smallest absolute Gasteiger partial charge is 0.227 e. The number of nitrogens with one attached hydrogen (secondary N) is 1. The zero-order valence-corrected chi connectivity index (χ0v) is 19.0. The third-order valence-corrected chi connectivity index (χ3v) is 6.14. The maximum absolute atomic E-state index is 12.3. The lowest BCUT2D eigenvalue weighted by Gasteiger charge is -2.30. The largest absolute Gasteiger partial charge is 0.352 e. The fourth-order valence-corrected chi connectivity index (χ4v) is 3.93. The Morgan fingerprint density at radius 3 is 2.47 bits per heavy atom. The number of hydrogen-bond donors (Lipinski definition) is 1. The summed E-state index contributed by atoms with van der Waals surface area (Å²) in [6, 6.07) is 16.5. The van der Waals surface area contributed by atoms with Gasteiger partial charge in [0, 0.05) is 31.5 Å². The molecular weight excluding hydrogens is 400 g/mol. The predicted molar refractivity (Wildman–Crippen MR) is 125 cm³/mol. The number of carbonyl (C=O) groups excluding carboxylic acids is 1. The summed E-state index contributed by atoms with van der Waals surface area (Å²) in [6.45, 7) is 8.28. The zero-order valence-electron chi connectivity index (χ0n) is 19.0. The fraction of sp³-hybridized carbons (Fsp3) is 0.423. The normalized spacial score (nSPS) is 15.1. The van der Waals surface area contributed by atoms with E-state index in [1.54, 1.807) is 0 Å². The Morgan fingerprint density at radius 1 is 1.06 bits per heavy atom. The van der Waals surface area contributed by atoms with Gasteiger partial charge in [-0.05, 0) is 49.9 Å². The Kier molecular flexibility index (Phi) is 7.32. The van der Waals surface area contributed by atoms with E-state index in [2.05, 4.69) is 51.5 Å². The summed E-state index contributed by atoms with van der Waals surface area (Å²) in [6.07, 6.45) is 3.33. The minimum Gasteiger partial charge on any atom is -0.352 e. The van der Waals surface area contributed by atoms with Crippen LogP contribution in [-0.2, 0) is 24.3 Å². The van der Waals surface area contributed by atoms with Crippen molar-refractivity contribution in [3.05, 3.63) is 71.1 Å². The SMILES string of the molecule is Cc1ccc(-c2noc(CCC(=O)NCc3ccc(CN4CCC(C)CC4)cc3)n2)cc1. The van der Waals surface area contributed by atoms with Gasteiger partial charge in [0.1, 0.15) is 0 Å². The van der Waals surface area contributed by atoms with Crippen molar-refractivity contribution in [2.24, 2.45) is 5.92 Å². The first-order chi connectivity index (χ1) is 15.5. The monoisotopic (exact) mass is 432 g/mol. The molecule has 2 heterocycles. The molecule has 1 aliphatic rings. The minimum atomic E-state index is -0.0217. The van der Waals surface area contributed by atoms with Gasteiger partial charge in [0.2, 0.25) is 17.6 Å². The second kappa shape index (κ2) is 10.6. The van der Waals surface area contributed by atoms with Crippen LogP contribution in [0, 0.1) is 12.8 Å². The summed E-state index contributed by atoms with van der Waals surface area (Å²) < 4.78 is 5.30. The molecule has 0 unspecified atom stereocenters. The van der Waals surface area contributed by atoms with Crippen molar-refractivity contribution < 1.29 is 9.32 Å². The van der Waals surface area contributed by atoms with Crippen LogP contribution >= 0.6 is 0 Å². The average Bonchev–Trinajstić information content (AvgIpc) is 3.28. The van der Waals surface area contributed by atoms with Crippen LogP contribution in [0.4, 0.5) is 0 Å². The maximum Gasteiger partial charge on any atom is 0.227 e. The van der Waals surface area contributed by atoms with E-state index in [0.717, 1.165) is 23.6 Å². The van der Waals surface area contributed by atoms with Crippen molar-refractivity contribution in [2.45, 2.75) is 52.6 Å². The number of aromatic nitrogens is 2. The maximum atomic E-state index is 12.3. The quantitative estimate of drug-likeness (QED) is 0.566. The van der Waals surface area contributed by atoms with E-state index in [1.165, 1.54) is 37.1 Å². The van der Waals surface area contributed by atoms with E-state index >= 15 is 0 Å². The number of rotatable bonds is 8. The lowest BCUT2D eigenvalue weighted by molar-refractivity contribution is -0.121. The third-order valence-electron chi connectivity index (χ3n) is 6.14. The molecule has 2 aromatic carbocycles. The Hall–Kier alpha value is -2.99. The standard InChI is InChI=1S/C26H32N4O2/c1-19-3-9-23(10-4-19)26-28-25(32-29-26)12-11-24(31)27-17-21-5-7-22(8-6-21)18-30-15-13-20(2)14-16-30/h3-10,20H,11-18H2,1-2H3,(H,27,31). The van der Waals surface area contributed by atoms with Gasteiger partial charge in [-0.2, -0.15) is 4.98 Å². The van der Waals surface area contributed by atoms with Crippen molar-refractivity contribution in [2.75, 3.05) is 13.1 Å². The molecule has 4 rings (SSSR count). The number of carbonyl (C=O) groups is 1. The highest BCUT2D eigenvalue weighted by atomic mass is 16.5. The molecule has 6 nitrogen and oxygen atoms in total. The fourth-order valence-electron chi connectivity index (χ4n) is 3.93. The lowest BCUT2D eigenvalue weighted by Crippen LogP contribution is -2.32. The van der Waals surface area contributed by atoms with Gasteiger partial charge in [-0.3, -0.25) is 9.69 Å². The van der Waals surface area contributed by atoms with E-state index in [9.17, 15) is 4.79 Å². The lowest BCUT2D eigenvalue weighted by atomic mass is 9.99. The summed E-state index contributed by atoms with van der Waals surface area (Å²) in [7, 11) is 0. The summed E-state index contributed by atoms with van der Waals surface area (Å²) in [5.41, 5.74) is 4.53. The molecule has 1 N–H and O–H groups in total. The minimum absolute atomic E-state index is 0.0217. The van der Waals surface area contributed by atoms with Gasteiger partial charge in [-0.25, -0.2) is 0 Å². The first-order valence-corrected chi connectivity index (χ1v) is 11.5. The first-order valence-electron chi connectivity index (χ1n) is 11.5. The van der Waals surface area contributed by atoms with Gasteiger partial charge >= 0.3 is 0 Å². The van der Waals surface area contributed by atoms with Crippen LogP contribution in [0.25, 0.3) is 11.4 Å². The van der Waals surface area contributed by atoms with Gasteiger partial charge < -0.3 is 9.84 Å². The predicted octanol–water partition coefficient (Wildman–Crippen LogP) is 4.53. The highest BCUT2D eigenvalue weighted by Crippen LogP contribution is 2.19. The molecule has 1 aliphatic heterocycles. The molecule has 0 saturated carbocycles. The van der Waals surface area contributed by atoms with Crippen molar-refractivity contribution >= 4 is 5.91 Å². The second-order valence-corrected chi connectivity index (χ2v) is 8.93. The number of likely N-dealkylation sites (tertiary alicyclic amines) is 1. The van der Waals surface area contributed by atoms with E-state index in [-0.39, 0.29) is 5.91 Å². The highest BCUT2D eigenvalue weighted by molar-refractivity contribution is 5.76. The zero-order chi connectivity index (χ0) is 22.3. The van der Waals surface area contributed by atoms with Crippen LogP contribution in [0.1, 0.15) is 48.8 Å². The summed E-state index contributed by atoms with van der Waals surface area (Å²) in [5.74, 6) is 1.87. The molecule has 0 bridgehead atoms. The molecule has 168 valence electrons. The van der Waals surface area contributed by atoms with E-state index < -0.39 is 0 Å². The van der Waals surface area contributed by atoms with Crippen LogP contribution in [-0.4, -0.2) is 34.0 Å². The van der Waals surface area contributed by atoms with Crippen molar-refractivity contribution in [3.8, 4) is 11.4 Å². The van der Waals surface area contributed by atoms with E-state index in [0.29, 0.717) is 31.1 Å². The molecule has 1 fully saturated rings. The molecule has 0 spiro atoms. The van der Waals surface area contributed by atoms with Crippen LogP contribution in [0.5, 0.6) is 0 Å². The van der Waals surface area contributed by atoms with Gasteiger partial charge in [0.25, 0.3) is 0 Å². The highest BCUT2D eigenvalue weighted by Gasteiger charge is 2.15. The average molecular weight is 433 g/mol. The van der Waals surface area contributed by atoms with Crippen molar-refractivity contribution in [1.29, 1.82) is 0 Å². The van der Waals surface area contributed by atoms with Crippen molar-refractivity contribution in [3.63, 3.8) is 0 Å². The number of amides is 1. The summed E-state index contributed by atoms with van der Waals surface area (Å²) in [5, 5.41) is 7.00. The molecular formula is C26H32N4O2. The summed E-state index contributed by atoms with van der Waals surface area (Å²) >= 11 is 0. The molecule has 0 atom stereocenters. The topological polar surface area (TPSA) is 71.3 Å². The number of nitrogens with zero attached hydrogens (tertiary/aromatic N) is 3. The van der Waals surface area contributed by atoms with Crippen LogP contribution < -0.4 is 5.32 Å². The molecule has 6 heteroatoms. The van der Waals surface area contributed by atoms with E-state index in [1.807, 2.05) is 31.2 Å². The Labute approximate surface area is 190 Å². The van der Waals surface area contributed by atoms with Gasteiger partial charge in [0.05, 0.1) is 0 Å². The van der Waals surface area contributed by atoms with E-state index in [4.69, 9.17) is 4.52 Å². The molecule has 32 heavy (non-hydrogen) atoms. The molecule has 0 radical (unpaired) electrons. The Morgan fingerprint density at radius 2 is 1.75 bits per heavy atom. The van der Waals surface area contributed by atoms with Crippen LogP contribution in [0.2, 0.25) is 0 Å². The summed E-state index contributed by atoms with van der Waals surface area (Å²) in [4.78, 5) is 19.2. The molecule has 1 saturated heterocycles. The molecule has 1 aromatic heterocycles. The van der Waals surface area contributed by atoms with Gasteiger partial charge in [0.15, 0.2) is 0 Å². The van der Waals surface area contributed by atoms with Crippen LogP contribution in [0.3, 0.4) is 0 Å². The number of benzene rings is 2. The molecule has 0 aliphatic carbocycles. The third kappa shape index (κ3) is 6.26. The van der Waals surface area contributed by atoms with Gasteiger partial charge in [-0.1, -0.05) is 66.2 Å². The first kappa shape index (κ1) is 22.2. The number of hydrogen-bond acceptors (Lipinski definition) is 5. The Bertz CT molecular complexity index is 1000. The van der Waals surface area contributed by atoms with Gasteiger partial charge in [-0.15, -0.1) is 0 Å². The van der Waals surface area contributed by atoms with Crippen molar-refractivity contribution in [1.82, 2.24) is 20.4 Å². The second-order valence-electron chi connectivity index (χ2n) is 8.93. The number of piperidine rings is 1. The molecule has 1 amide bonds. The molecule has 3 aromatic rings. The Balaban J connectivity index is 1.19. The van der Waals surface area contributed by atoms with Crippen LogP contribution in [0.15, 0.2) is 53.1 Å².